The second-order valence-electron chi connectivity index (χ2n) is 4.69. The lowest BCUT2D eigenvalue weighted by Gasteiger charge is -2.07. The SMILES string of the molecule is Cc1[nH]nc(NS(=O)(=O)Cc2cccc(C(=O)O)c2)c1C. The Balaban J connectivity index is 2.20. The average Bonchev–Trinajstić information content (AvgIpc) is 2.70. The summed E-state index contributed by atoms with van der Waals surface area (Å²) in [5, 5.41) is 15.5. The number of H-pyrrole nitrogens is 1. The summed E-state index contributed by atoms with van der Waals surface area (Å²) in [6, 6.07) is 5.82. The maximum absolute atomic E-state index is 12.1. The van der Waals surface area contributed by atoms with Crippen LogP contribution in [0.2, 0.25) is 0 Å². The molecule has 0 aliphatic carbocycles. The van der Waals surface area contributed by atoms with E-state index in [2.05, 4.69) is 14.9 Å². The minimum absolute atomic E-state index is 0.0505. The van der Waals surface area contributed by atoms with Crippen LogP contribution in [-0.2, 0) is 15.8 Å². The Bertz CT molecular complexity index is 780. The highest BCUT2D eigenvalue weighted by molar-refractivity contribution is 7.91. The normalized spacial score (nSPS) is 11.3. The van der Waals surface area contributed by atoms with Gasteiger partial charge in [0.25, 0.3) is 0 Å². The molecule has 0 spiro atoms. The van der Waals surface area contributed by atoms with E-state index in [1.807, 2.05) is 0 Å². The predicted molar refractivity (Wildman–Crippen MR) is 77.7 cm³/mol. The molecule has 112 valence electrons. The van der Waals surface area contributed by atoms with Crippen LogP contribution in [-0.4, -0.2) is 29.7 Å². The van der Waals surface area contributed by atoms with Crippen molar-refractivity contribution in [1.82, 2.24) is 10.2 Å². The lowest BCUT2D eigenvalue weighted by molar-refractivity contribution is 0.0696. The molecule has 0 unspecified atom stereocenters. The van der Waals surface area contributed by atoms with Crippen LogP contribution >= 0.6 is 0 Å². The number of benzene rings is 1. The third-order valence-electron chi connectivity index (χ3n) is 3.04. The maximum atomic E-state index is 12.1. The molecule has 0 radical (unpaired) electrons. The van der Waals surface area contributed by atoms with Crippen LogP contribution in [0.15, 0.2) is 24.3 Å². The van der Waals surface area contributed by atoms with Gasteiger partial charge in [0, 0.05) is 11.3 Å². The molecule has 0 amide bonds. The first-order chi connectivity index (χ1) is 9.78. The van der Waals surface area contributed by atoms with E-state index in [1.165, 1.54) is 18.2 Å². The van der Waals surface area contributed by atoms with Crippen molar-refractivity contribution < 1.29 is 18.3 Å². The van der Waals surface area contributed by atoms with Gasteiger partial charge in [-0.15, -0.1) is 0 Å². The monoisotopic (exact) mass is 309 g/mol. The third kappa shape index (κ3) is 3.60. The van der Waals surface area contributed by atoms with Gasteiger partial charge in [-0.3, -0.25) is 9.82 Å². The van der Waals surface area contributed by atoms with Crippen molar-refractivity contribution in [2.45, 2.75) is 19.6 Å². The van der Waals surface area contributed by atoms with Crippen molar-refractivity contribution in [3.05, 3.63) is 46.6 Å². The molecule has 3 N–H and O–H groups in total. The van der Waals surface area contributed by atoms with E-state index >= 15 is 0 Å². The molecule has 0 atom stereocenters. The van der Waals surface area contributed by atoms with Gasteiger partial charge < -0.3 is 5.11 Å². The first-order valence-electron chi connectivity index (χ1n) is 6.13. The zero-order valence-electron chi connectivity index (χ0n) is 11.5. The van der Waals surface area contributed by atoms with Gasteiger partial charge in [-0.1, -0.05) is 12.1 Å². The Hall–Kier alpha value is -2.35. The van der Waals surface area contributed by atoms with Crippen LogP contribution < -0.4 is 4.72 Å². The Labute approximate surface area is 122 Å². The Morgan fingerprint density at radius 2 is 2.10 bits per heavy atom. The molecule has 0 fully saturated rings. The number of aromatic nitrogens is 2. The van der Waals surface area contributed by atoms with Gasteiger partial charge in [0.05, 0.1) is 11.3 Å². The molecule has 0 bridgehead atoms. The molecule has 21 heavy (non-hydrogen) atoms. The van der Waals surface area contributed by atoms with Gasteiger partial charge in [-0.2, -0.15) is 5.10 Å². The minimum atomic E-state index is -3.66. The summed E-state index contributed by atoms with van der Waals surface area (Å²) in [4.78, 5) is 10.9. The summed E-state index contributed by atoms with van der Waals surface area (Å²) in [5.74, 6) is -1.16. The number of nitrogens with zero attached hydrogens (tertiary/aromatic N) is 1. The summed E-state index contributed by atoms with van der Waals surface area (Å²) in [7, 11) is -3.66. The number of sulfonamides is 1. The molecule has 0 aliphatic heterocycles. The van der Waals surface area contributed by atoms with Gasteiger partial charge in [0.15, 0.2) is 5.82 Å². The van der Waals surface area contributed by atoms with Gasteiger partial charge in [0.2, 0.25) is 10.0 Å². The summed E-state index contributed by atoms with van der Waals surface area (Å²) in [6.07, 6.45) is 0. The first-order valence-corrected chi connectivity index (χ1v) is 7.78. The number of carboxylic acids is 1. The van der Waals surface area contributed by atoms with E-state index in [1.54, 1.807) is 19.9 Å². The molecule has 1 heterocycles. The number of hydrogen-bond acceptors (Lipinski definition) is 4. The lowest BCUT2D eigenvalue weighted by Crippen LogP contribution is -2.16. The Morgan fingerprint density at radius 1 is 1.38 bits per heavy atom. The highest BCUT2D eigenvalue weighted by Crippen LogP contribution is 2.17. The predicted octanol–water partition coefficient (Wildman–Crippen LogP) is 1.67. The molecule has 8 heteroatoms. The van der Waals surface area contributed by atoms with Gasteiger partial charge in [-0.05, 0) is 31.5 Å². The summed E-state index contributed by atoms with van der Waals surface area (Å²) < 4.78 is 26.6. The van der Waals surface area contributed by atoms with Crippen molar-refractivity contribution in [2.75, 3.05) is 4.72 Å². The average molecular weight is 309 g/mol. The molecule has 0 aliphatic rings. The standard InChI is InChI=1S/C13H15N3O4S/c1-8-9(2)14-15-12(8)16-21(19,20)7-10-4-3-5-11(6-10)13(17)18/h3-6H,7H2,1-2H3,(H,17,18)(H2,14,15,16). The number of carbonyl (C=O) groups is 1. The number of carboxylic acid groups (broad SMARTS) is 1. The number of nitrogens with one attached hydrogen (secondary N) is 2. The number of anilines is 1. The fourth-order valence-corrected chi connectivity index (χ4v) is 2.97. The van der Waals surface area contributed by atoms with Gasteiger partial charge >= 0.3 is 5.97 Å². The van der Waals surface area contributed by atoms with Crippen LogP contribution in [0.1, 0.15) is 27.2 Å². The number of aromatic amines is 1. The van der Waals surface area contributed by atoms with E-state index in [-0.39, 0.29) is 17.1 Å². The highest BCUT2D eigenvalue weighted by Gasteiger charge is 2.16. The molecular formula is C13H15N3O4S. The van der Waals surface area contributed by atoms with Crippen molar-refractivity contribution in [3.63, 3.8) is 0 Å². The Morgan fingerprint density at radius 3 is 2.67 bits per heavy atom. The summed E-state index contributed by atoms with van der Waals surface area (Å²) in [6.45, 7) is 3.54. The van der Waals surface area contributed by atoms with Crippen LogP contribution in [0, 0.1) is 13.8 Å². The Kier molecular flexibility index (Phi) is 3.99. The van der Waals surface area contributed by atoms with Crippen molar-refractivity contribution in [2.24, 2.45) is 0 Å². The number of aryl methyl sites for hydroxylation is 1. The number of hydrogen-bond donors (Lipinski definition) is 3. The second-order valence-corrected chi connectivity index (χ2v) is 6.41. The fraction of sp³-hybridized carbons (Fsp3) is 0.231. The third-order valence-corrected chi connectivity index (χ3v) is 4.25. The molecule has 2 aromatic rings. The molecule has 1 aromatic carbocycles. The topological polar surface area (TPSA) is 112 Å². The molecule has 0 saturated carbocycles. The quantitative estimate of drug-likeness (QED) is 0.777. The first kappa shape index (κ1) is 15.0. The van der Waals surface area contributed by atoms with E-state index in [9.17, 15) is 13.2 Å². The molecular weight excluding hydrogens is 294 g/mol. The minimum Gasteiger partial charge on any atom is -0.478 e. The number of rotatable bonds is 5. The summed E-state index contributed by atoms with van der Waals surface area (Å²) >= 11 is 0. The maximum Gasteiger partial charge on any atom is 0.335 e. The zero-order valence-corrected chi connectivity index (χ0v) is 12.4. The smallest absolute Gasteiger partial charge is 0.335 e. The van der Waals surface area contributed by atoms with E-state index in [0.29, 0.717) is 5.56 Å². The van der Waals surface area contributed by atoms with E-state index in [4.69, 9.17) is 5.11 Å². The van der Waals surface area contributed by atoms with Gasteiger partial charge in [-0.25, -0.2) is 13.2 Å². The lowest BCUT2D eigenvalue weighted by atomic mass is 10.1. The van der Waals surface area contributed by atoms with Crippen molar-refractivity contribution in [3.8, 4) is 0 Å². The van der Waals surface area contributed by atoms with Crippen LogP contribution in [0.25, 0.3) is 0 Å². The van der Waals surface area contributed by atoms with Crippen LogP contribution in [0.5, 0.6) is 0 Å². The fourth-order valence-electron chi connectivity index (χ4n) is 1.78. The zero-order chi connectivity index (χ0) is 15.6. The van der Waals surface area contributed by atoms with E-state index < -0.39 is 16.0 Å². The molecule has 1 aromatic heterocycles. The number of aromatic carboxylic acids is 1. The summed E-state index contributed by atoms with van der Waals surface area (Å²) in [5.41, 5.74) is 1.94. The molecule has 7 nitrogen and oxygen atoms in total. The largest absolute Gasteiger partial charge is 0.478 e. The second kappa shape index (κ2) is 5.57. The molecule has 0 saturated heterocycles. The van der Waals surface area contributed by atoms with Crippen LogP contribution in [0.4, 0.5) is 5.82 Å². The van der Waals surface area contributed by atoms with Crippen molar-refractivity contribution in [1.29, 1.82) is 0 Å². The highest BCUT2D eigenvalue weighted by atomic mass is 32.2. The van der Waals surface area contributed by atoms with Crippen molar-refractivity contribution >= 4 is 21.8 Å². The van der Waals surface area contributed by atoms with E-state index in [0.717, 1.165) is 11.3 Å². The van der Waals surface area contributed by atoms with Gasteiger partial charge in [0.1, 0.15) is 0 Å². The molecule has 2 rings (SSSR count). The van der Waals surface area contributed by atoms with Crippen LogP contribution in [0.3, 0.4) is 0 Å².